The fourth-order valence-electron chi connectivity index (χ4n) is 1.84. The molecule has 4 atom stereocenters. The molecule has 0 aromatic carbocycles. The first-order valence-corrected chi connectivity index (χ1v) is 5.24. The second kappa shape index (κ2) is 4.75. The van der Waals surface area contributed by atoms with Crippen LogP contribution in [0.3, 0.4) is 0 Å². The molecule has 0 aliphatic heterocycles. The third kappa shape index (κ3) is 2.96. The molecule has 1 saturated carbocycles. The van der Waals surface area contributed by atoms with Gasteiger partial charge in [-0.2, -0.15) is 0 Å². The highest BCUT2D eigenvalue weighted by atomic mass is 16.3. The van der Waals surface area contributed by atoms with Crippen LogP contribution in [0.2, 0.25) is 0 Å². The van der Waals surface area contributed by atoms with Gasteiger partial charge >= 0.3 is 0 Å². The van der Waals surface area contributed by atoms with Crippen LogP contribution in [0.1, 0.15) is 33.1 Å². The van der Waals surface area contributed by atoms with Crippen LogP contribution in [0.5, 0.6) is 0 Å². The van der Waals surface area contributed by atoms with Crippen molar-refractivity contribution in [1.82, 2.24) is 5.32 Å². The minimum absolute atomic E-state index is 0.0985. The van der Waals surface area contributed by atoms with Gasteiger partial charge in [0.05, 0.1) is 12.1 Å². The van der Waals surface area contributed by atoms with Gasteiger partial charge in [-0.25, -0.2) is 0 Å². The Kier molecular flexibility index (Phi) is 3.89. The number of nitrogens with two attached hydrogens (primary N) is 1. The molecule has 1 amide bonds. The van der Waals surface area contributed by atoms with E-state index in [1.54, 1.807) is 6.92 Å². The zero-order valence-corrected chi connectivity index (χ0v) is 8.86. The summed E-state index contributed by atoms with van der Waals surface area (Å²) in [5, 5.41) is 12.4. The van der Waals surface area contributed by atoms with Crippen molar-refractivity contribution in [3.63, 3.8) is 0 Å². The smallest absolute Gasteiger partial charge is 0.236 e. The van der Waals surface area contributed by atoms with Gasteiger partial charge in [0.15, 0.2) is 0 Å². The first kappa shape index (κ1) is 11.5. The van der Waals surface area contributed by atoms with Gasteiger partial charge in [0, 0.05) is 6.04 Å². The lowest BCUT2D eigenvalue weighted by molar-refractivity contribution is -0.123. The van der Waals surface area contributed by atoms with E-state index in [9.17, 15) is 9.90 Å². The maximum atomic E-state index is 11.3. The van der Waals surface area contributed by atoms with E-state index in [2.05, 4.69) is 5.32 Å². The predicted octanol–water partition coefficient (Wildman–Crippen LogP) is -0.000700. The van der Waals surface area contributed by atoms with Gasteiger partial charge in [-0.15, -0.1) is 0 Å². The van der Waals surface area contributed by atoms with E-state index in [1.807, 2.05) is 6.92 Å². The second-order valence-corrected chi connectivity index (χ2v) is 4.35. The Labute approximate surface area is 84.9 Å². The van der Waals surface area contributed by atoms with E-state index < -0.39 is 6.04 Å². The lowest BCUT2D eigenvalue weighted by Gasteiger charge is -2.31. The third-order valence-corrected chi connectivity index (χ3v) is 2.88. The number of rotatable bonds is 2. The van der Waals surface area contributed by atoms with Crippen molar-refractivity contribution in [3.8, 4) is 0 Å². The third-order valence-electron chi connectivity index (χ3n) is 2.88. The van der Waals surface area contributed by atoms with Crippen molar-refractivity contribution in [2.75, 3.05) is 0 Å². The molecule has 1 aliphatic rings. The number of carbonyl (C=O) groups is 1. The lowest BCUT2D eigenvalue weighted by Crippen LogP contribution is -2.47. The van der Waals surface area contributed by atoms with E-state index >= 15 is 0 Å². The van der Waals surface area contributed by atoms with Gasteiger partial charge < -0.3 is 16.2 Å². The molecule has 0 bridgehead atoms. The van der Waals surface area contributed by atoms with Gasteiger partial charge in [-0.1, -0.05) is 6.92 Å². The molecule has 4 N–H and O–H groups in total. The molecule has 0 spiro atoms. The molecular weight excluding hydrogens is 180 g/mol. The van der Waals surface area contributed by atoms with Crippen LogP contribution < -0.4 is 11.1 Å². The Morgan fingerprint density at radius 1 is 1.57 bits per heavy atom. The van der Waals surface area contributed by atoms with Crippen LogP contribution in [0.25, 0.3) is 0 Å². The number of hydrogen-bond donors (Lipinski definition) is 3. The molecule has 0 radical (unpaired) electrons. The standard InChI is InChI=1S/C10H20N2O2/c1-6-5-8(3-4-9(6)13)12-10(14)7(2)11/h6-9,13H,3-5,11H2,1-2H3,(H,12,14). The highest BCUT2D eigenvalue weighted by Crippen LogP contribution is 2.24. The maximum Gasteiger partial charge on any atom is 0.236 e. The fourth-order valence-corrected chi connectivity index (χ4v) is 1.84. The van der Waals surface area contributed by atoms with Crippen molar-refractivity contribution in [2.24, 2.45) is 11.7 Å². The Balaban J connectivity index is 2.37. The summed E-state index contributed by atoms with van der Waals surface area (Å²) in [6.07, 6.45) is 2.26. The molecule has 82 valence electrons. The summed E-state index contributed by atoms with van der Waals surface area (Å²) in [5.74, 6) is 0.167. The normalized spacial score (nSPS) is 35.0. The molecule has 4 heteroatoms. The number of aliphatic hydroxyl groups excluding tert-OH is 1. The van der Waals surface area contributed by atoms with Crippen LogP contribution in [-0.4, -0.2) is 29.2 Å². The van der Waals surface area contributed by atoms with Crippen molar-refractivity contribution in [2.45, 2.75) is 51.3 Å². The number of hydrogen-bond acceptors (Lipinski definition) is 3. The largest absolute Gasteiger partial charge is 0.393 e. The molecule has 0 saturated heterocycles. The first-order valence-electron chi connectivity index (χ1n) is 5.24. The van der Waals surface area contributed by atoms with Crippen LogP contribution in [0.4, 0.5) is 0 Å². The molecule has 14 heavy (non-hydrogen) atoms. The van der Waals surface area contributed by atoms with Crippen LogP contribution in [0, 0.1) is 5.92 Å². The lowest BCUT2D eigenvalue weighted by atomic mass is 9.84. The minimum Gasteiger partial charge on any atom is -0.393 e. The molecule has 1 rings (SSSR count). The molecule has 1 aliphatic carbocycles. The van der Waals surface area contributed by atoms with Crippen molar-refractivity contribution in [3.05, 3.63) is 0 Å². The zero-order chi connectivity index (χ0) is 10.7. The highest BCUT2D eigenvalue weighted by molar-refractivity contribution is 5.81. The maximum absolute atomic E-state index is 11.3. The van der Waals surface area contributed by atoms with E-state index in [0.29, 0.717) is 0 Å². The number of amides is 1. The summed E-state index contributed by atoms with van der Waals surface area (Å²) in [5.41, 5.74) is 5.45. The summed E-state index contributed by atoms with van der Waals surface area (Å²) >= 11 is 0. The minimum atomic E-state index is -0.447. The quantitative estimate of drug-likeness (QED) is 0.587. The van der Waals surface area contributed by atoms with Crippen LogP contribution in [0.15, 0.2) is 0 Å². The van der Waals surface area contributed by atoms with E-state index in [0.717, 1.165) is 19.3 Å². The number of nitrogens with one attached hydrogen (secondary N) is 1. The topological polar surface area (TPSA) is 75.4 Å². The monoisotopic (exact) mass is 200 g/mol. The molecule has 0 heterocycles. The average molecular weight is 200 g/mol. The van der Waals surface area contributed by atoms with Gasteiger partial charge in [0.25, 0.3) is 0 Å². The van der Waals surface area contributed by atoms with Crippen molar-refractivity contribution < 1.29 is 9.90 Å². The van der Waals surface area contributed by atoms with E-state index in [1.165, 1.54) is 0 Å². The Morgan fingerprint density at radius 2 is 2.21 bits per heavy atom. The summed E-state index contributed by atoms with van der Waals surface area (Å²) in [6.45, 7) is 3.69. The summed E-state index contributed by atoms with van der Waals surface area (Å²) in [4.78, 5) is 11.3. The predicted molar refractivity (Wildman–Crippen MR) is 54.6 cm³/mol. The Hall–Kier alpha value is -0.610. The highest BCUT2D eigenvalue weighted by Gasteiger charge is 2.27. The van der Waals surface area contributed by atoms with Crippen molar-refractivity contribution >= 4 is 5.91 Å². The van der Waals surface area contributed by atoms with Gasteiger partial charge in [0.2, 0.25) is 5.91 Å². The zero-order valence-electron chi connectivity index (χ0n) is 8.86. The molecular formula is C10H20N2O2. The molecule has 4 nitrogen and oxygen atoms in total. The van der Waals surface area contributed by atoms with Gasteiger partial charge in [-0.3, -0.25) is 4.79 Å². The molecule has 4 unspecified atom stereocenters. The van der Waals surface area contributed by atoms with Crippen molar-refractivity contribution in [1.29, 1.82) is 0 Å². The number of aliphatic hydroxyl groups is 1. The van der Waals surface area contributed by atoms with E-state index in [-0.39, 0.29) is 24.0 Å². The number of carbonyl (C=O) groups excluding carboxylic acids is 1. The van der Waals surface area contributed by atoms with Crippen LogP contribution in [-0.2, 0) is 4.79 Å². The fraction of sp³-hybridized carbons (Fsp3) is 0.900. The second-order valence-electron chi connectivity index (χ2n) is 4.35. The van der Waals surface area contributed by atoms with Gasteiger partial charge in [0.1, 0.15) is 0 Å². The Bertz CT molecular complexity index is 206. The van der Waals surface area contributed by atoms with Gasteiger partial charge in [-0.05, 0) is 32.1 Å². The summed E-state index contributed by atoms with van der Waals surface area (Å²) in [6, 6.07) is -0.260. The Morgan fingerprint density at radius 3 is 2.71 bits per heavy atom. The molecule has 0 aromatic heterocycles. The summed E-state index contributed by atoms with van der Waals surface area (Å²) < 4.78 is 0. The van der Waals surface area contributed by atoms with E-state index in [4.69, 9.17) is 5.73 Å². The average Bonchev–Trinajstić information content (AvgIpc) is 2.11. The first-order chi connectivity index (χ1) is 6.50. The summed E-state index contributed by atoms with van der Waals surface area (Å²) in [7, 11) is 0. The van der Waals surface area contributed by atoms with Crippen LogP contribution >= 0.6 is 0 Å². The molecule has 0 aromatic rings. The SMILES string of the molecule is CC(N)C(=O)NC1CCC(O)C(C)C1. The molecule has 1 fully saturated rings.